The van der Waals surface area contributed by atoms with Crippen molar-refractivity contribution < 1.29 is 24.2 Å². The number of anilines is 1. The Morgan fingerprint density at radius 3 is 2.20 bits per heavy atom. The van der Waals surface area contributed by atoms with Gasteiger partial charge in [0.1, 0.15) is 0 Å². The Morgan fingerprint density at radius 1 is 0.960 bits per heavy atom. The maximum Gasteiger partial charge on any atom is 0.338 e. The van der Waals surface area contributed by atoms with Gasteiger partial charge in [0.05, 0.1) is 15.4 Å². The smallest absolute Gasteiger partial charge is 0.338 e. The molecule has 0 aromatic heterocycles. The van der Waals surface area contributed by atoms with E-state index in [4.69, 9.17) is 4.74 Å². The van der Waals surface area contributed by atoms with Crippen LogP contribution in [0.1, 0.15) is 10.4 Å². The maximum atomic E-state index is 11.8. The summed E-state index contributed by atoms with van der Waals surface area (Å²) < 4.78 is 4.77. The average molecular weight is 345 g/mol. The Morgan fingerprint density at radius 2 is 1.56 bits per heavy atom. The Kier molecular flexibility index (Phi) is 5.36. The molecule has 2 rings (SSSR count). The molecule has 0 aliphatic rings. The minimum absolute atomic E-state index is 0.0719. The van der Waals surface area contributed by atoms with Gasteiger partial charge in [0, 0.05) is 30.0 Å². The van der Waals surface area contributed by atoms with Gasteiger partial charge < -0.3 is 10.1 Å². The highest BCUT2D eigenvalue weighted by Crippen LogP contribution is 2.17. The van der Waals surface area contributed by atoms with Crippen molar-refractivity contribution in [3.8, 4) is 0 Å². The first-order valence-corrected chi connectivity index (χ1v) is 6.82. The van der Waals surface area contributed by atoms with Gasteiger partial charge in [-0.25, -0.2) is 4.79 Å². The Bertz CT molecular complexity index is 851. The van der Waals surface area contributed by atoms with Gasteiger partial charge >= 0.3 is 5.97 Å². The van der Waals surface area contributed by atoms with E-state index in [0.29, 0.717) is 0 Å². The second kappa shape index (κ2) is 7.64. The van der Waals surface area contributed by atoms with Gasteiger partial charge in [-0.2, -0.15) is 0 Å². The molecule has 10 nitrogen and oxygen atoms in total. The normalized spacial score (nSPS) is 9.92. The van der Waals surface area contributed by atoms with E-state index in [1.165, 1.54) is 36.4 Å². The van der Waals surface area contributed by atoms with E-state index in [1.54, 1.807) is 0 Å². The van der Waals surface area contributed by atoms with Crippen LogP contribution in [0.3, 0.4) is 0 Å². The number of ether oxygens (including phenoxy) is 1. The number of rotatable bonds is 6. The molecule has 1 amide bonds. The van der Waals surface area contributed by atoms with Gasteiger partial charge in [-0.05, 0) is 12.1 Å². The van der Waals surface area contributed by atoms with Crippen LogP contribution in [0.5, 0.6) is 0 Å². The first kappa shape index (κ1) is 17.5. The molecule has 1 N–H and O–H groups in total. The topological polar surface area (TPSA) is 142 Å². The minimum atomic E-state index is -0.905. The van der Waals surface area contributed by atoms with Crippen molar-refractivity contribution in [2.75, 3.05) is 11.9 Å². The fraction of sp³-hybridized carbons (Fsp3) is 0.0667. The van der Waals surface area contributed by atoms with Gasteiger partial charge in [-0.1, -0.05) is 12.1 Å². The van der Waals surface area contributed by atoms with Crippen LogP contribution >= 0.6 is 0 Å². The number of hydrogen-bond donors (Lipinski definition) is 1. The van der Waals surface area contributed by atoms with Crippen molar-refractivity contribution in [2.45, 2.75) is 0 Å². The van der Waals surface area contributed by atoms with Crippen molar-refractivity contribution in [1.82, 2.24) is 0 Å². The van der Waals surface area contributed by atoms with Crippen molar-refractivity contribution in [1.29, 1.82) is 0 Å². The number of benzene rings is 2. The highest BCUT2D eigenvalue weighted by atomic mass is 16.6. The number of hydrogen-bond acceptors (Lipinski definition) is 7. The molecule has 0 unspecified atom stereocenters. The fourth-order valence-corrected chi connectivity index (χ4v) is 1.86. The van der Waals surface area contributed by atoms with Crippen LogP contribution in [0, 0.1) is 20.2 Å². The number of nitro benzene ring substituents is 2. The van der Waals surface area contributed by atoms with E-state index in [-0.39, 0.29) is 22.6 Å². The lowest BCUT2D eigenvalue weighted by Gasteiger charge is -2.06. The van der Waals surface area contributed by atoms with E-state index in [9.17, 15) is 29.8 Å². The number of nitrogens with one attached hydrogen (secondary N) is 1. The number of carbonyl (C=O) groups excluding carboxylic acids is 2. The van der Waals surface area contributed by atoms with Gasteiger partial charge in [0.2, 0.25) is 0 Å². The quantitative estimate of drug-likeness (QED) is 0.481. The molecular formula is C15H11N3O7. The lowest BCUT2D eigenvalue weighted by atomic mass is 10.2. The van der Waals surface area contributed by atoms with Crippen LogP contribution in [0.4, 0.5) is 17.1 Å². The third kappa shape index (κ3) is 4.82. The zero-order valence-electron chi connectivity index (χ0n) is 12.6. The summed E-state index contributed by atoms with van der Waals surface area (Å²) in [7, 11) is 0. The summed E-state index contributed by atoms with van der Waals surface area (Å²) in [6.45, 7) is -0.649. The lowest BCUT2D eigenvalue weighted by Crippen LogP contribution is -2.21. The number of nitrogens with zero attached hydrogens (tertiary/aromatic N) is 2. The average Bonchev–Trinajstić information content (AvgIpc) is 2.60. The summed E-state index contributed by atoms with van der Waals surface area (Å²) in [5.74, 6) is -1.61. The molecule has 0 atom stereocenters. The number of non-ortho nitro benzene ring substituents is 2. The molecule has 2 aromatic carbocycles. The predicted molar refractivity (Wildman–Crippen MR) is 85.1 cm³/mol. The van der Waals surface area contributed by atoms with Crippen LogP contribution < -0.4 is 5.32 Å². The van der Waals surface area contributed by atoms with E-state index < -0.39 is 28.3 Å². The van der Waals surface area contributed by atoms with Gasteiger partial charge in [-0.15, -0.1) is 0 Å². The molecule has 0 heterocycles. The van der Waals surface area contributed by atoms with Crippen LogP contribution in [0.15, 0.2) is 48.5 Å². The molecule has 0 aliphatic carbocycles. The summed E-state index contributed by atoms with van der Waals surface area (Å²) in [5.41, 5.74) is -0.384. The first-order chi connectivity index (χ1) is 11.9. The summed E-state index contributed by atoms with van der Waals surface area (Å²) in [6.07, 6.45) is 0. The van der Waals surface area contributed by atoms with Crippen LogP contribution in [0.2, 0.25) is 0 Å². The van der Waals surface area contributed by atoms with Crippen molar-refractivity contribution in [2.24, 2.45) is 0 Å². The van der Waals surface area contributed by atoms with Gasteiger partial charge in [0.25, 0.3) is 17.3 Å². The lowest BCUT2D eigenvalue weighted by molar-refractivity contribution is -0.385. The molecule has 0 saturated carbocycles. The Hall–Kier alpha value is -3.82. The first-order valence-electron chi connectivity index (χ1n) is 6.82. The molecule has 10 heteroatoms. The number of carbonyl (C=O) groups is 2. The molecule has 0 radical (unpaired) electrons. The van der Waals surface area contributed by atoms with E-state index >= 15 is 0 Å². The van der Waals surface area contributed by atoms with Crippen molar-refractivity contribution in [3.63, 3.8) is 0 Å². The summed E-state index contributed by atoms with van der Waals surface area (Å²) in [4.78, 5) is 43.6. The second-order valence-corrected chi connectivity index (χ2v) is 4.74. The fourth-order valence-electron chi connectivity index (χ4n) is 1.86. The SMILES string of the molecule is O=C(COC(=O)c1cccc([N+](=O)[O-])c1)Nc1cccc([N+](=O)[O-])c1. The number of esters is 1. The molecule has 0 aliphatic heterocycles. The predicted octanol–water partition coefficient (Wildman–Crippen LogP) is 2.30. The van der Waals surface area contributed by atoms with E-state index in [0.717, 1.165) is 12.1 Å². The summed E-state index contributed by atoms with van der Waals surface area (Å²) in [6, 6.07) is 10.1. The molecular weight excluding hydrogens is 334 g/mol. The van der Waals surface area contributed by atoms with E-state index in [2.05, 4.69) is 5.32 Å². The molecule has 25 heavy (non-hydrogen) atoms. The highest BCUT2D eigenvalue weighted by Gasteiger charge is 2.14. The van der Waals surface area contributed by atoms with Crippen LogP contribution in [-0.2, 0) is 9.53 Å². The summed E-state index contributed by atoms with van der Waals surface area (Å²) in [5, 5.41) is 23.7. The molecule has 0 spiro atoms. The zero-order chi connectivity index (χ0) is 18.4. The standard InChI is InChI=1S/C15H11N3O7/c19-14(16-11-4-2-6-13(8-11)18(23)24)9-25-15(20)10-3-1-5-12(7-10)17(21)22/h1-8H,9H2,(H,16,19). The number of nitro groups is 2. The molecule has 0 bridgehead atoms. The van der Waals surface area contributed by atoms with E-state index in [1.807, 2.05) is 0 Å². The molecule has 0 fully saturated rings. The van der Waals surface area contributed by atoms with Crippen LogP contribution in [0.25, 0.3) is 0 Å². The Balaban J connectivity index is 1.94. The molecule has 2 aromatic rings. The van der Waals surface area contributed by atoms with Gasteiger partial charge in [0.15, 0.2) is 6.61 Å². The third-order valence-electron chi connectivity index (χ3n) is 2.97. The van der Waals surface area contributed by atoms with Crippen LogP contribution in [-0.4, -0.2) is 28.3 Å². The summed E-state index contributed by atoms with van der Waals surface area (Å²) >= 11 is 0. The highest BCUT2D eigenvalue weighted by molar-refractivity contribution is 5.95. The Labute approximate surface area is 140 Å². The maximum absolute atomic E-state index is 11.8. The zero-order valence-corrected chi connectivity index (χ0v) is 12.6. The number of amides is 1. The van der Waals surface area contributed by atoms with Crippen molar-refractivity contribution in [3.05, 3.63) is 74.3 Å². The van der Waals surface area contributed by atoms with Gasteiger partial charge in [-0.3, -0.25) is 25.0 Å². The molecule has 0 saturated heterocycles. The third-order valence-corrected chi connectivity index (χ3v) is 2.97. The second-order valence-electron chi connectivity index (χ2n) is 4.74. The largest absolute Gasteiger partial charge is 0.452 e. The van der Waals surface area contributed by atoms with Crippen molar-refractivity contribution >= 4 is 28.9 Å². The molecule has 128 valence electrons. The minimum Gasteiger partial charge on any atom is -0.452 e. The monoisotopic (exact) mass is 345 g/mol.